The van der Waals surface area contributed by atoms with Crippen molar-refractivity contribution in [3.05, 3.63) is 30.4 Å². The number of rotatable bonds is 1. The molecule has 0 saturated carbocycles. The minimum atomic E-state index is 0.428. The van der Waals surface area contributed by atoms with Crippen molar-refractivity contribution < 1.29 is 0 Å². The number of nitrogens with two attached hydrogens (primary N) is 2. The summed E-state index contributed by atoms with van der Waals surface area (Å²) in [6.45, 7) is 0.428. The van der Waals surface area contributed by atoms with Gasteiger partial charge in [-0.2, -0.15) is 0 Å². The van der Waals surface area contributed by atoms with Crippen molar-refractivity contribution in [1.29, 1.82) is 0 Å². The van der Waals surface area contributed by atoms with Crippen LogP contribution in [0.1, 0.15) is 5.82 Å². The summed E-state index contributed by atoms with van der Waals surface area (Å²) in [5, 5.41) is 0. The molecular formula is C8H10N4. The van der Waals surface area contributed by atoms with Crippen molar-refractivity contribution in [2.24, 2.45) is 5.73 Å². The predicted octanol–water partition coefficient (Wildman–Crippen LogP) is 0.375. The molecule has 0 radical (unpaired) electrons. The molecule has 2 aromatic rings. The van der Waals surface area contributed by atoms with Crippen molar-refractivity contribution in [3.63, 3.8) is 0 Å². The number of nitrogen functional groups attached to an aromatic ring is 1. The summed E-state index contributed by atoms with van der Waals surface area (Å²) in [4.78, 5) is 4.14. The fraction of sp³-hybridized carbons (Fsp3) is 0.125. The van der Waals surface area contributed by atoms with E-state index in [0.29, 0.717) is 6.54 Å². The van der Waals surface area contributed by atoms with E-state index in [4.69, 9.17) is 11.5 Å². The second-order valence-corrected chi connectivity index (χ2v) is 2.64. The zero-order chi connectivity index (χ0) is 8.55. The van der Waals surface area contributed by atoms with Gasteiger partial charge in [0.25, 0.3) is 0 Å². The van der Waals surface area contributed by atoms with E-state index >= 15 is 0 Å². The number of imidazole rings is 1. The van der Waals surface area contributed by atoms with Crippen LogP contribution in [0.5, 0.6) is 0 Å². The van der Waals surface area contributed by atoms with E-state index in [-0.39, 0.29) is 0 Å². The molecule has 12 heavy (non-hydrogen) atoms. The Labute approximate surface area is 69.8 Å². The van der Waals surface area contributed by atoms with Crippen LogP contribution in [0.2, 0.25) is 0 Å². The van der Waals surface area contributed by atoms with Crippen LogP contribution in [0.4, 0.5) is 5.69 Å². The van der Waals surface area contributed by atoms with Gasteiger partial charge in [0.2, 0.25) is 0 Å². The monoisotopic (exact) mass is 162 g/mol. The van der Waals surface area contributed by atoms with Gasteiger partial charge in [0.05, 0.1) is 18.3 Å². The van der Waals surface area contributed by atoms with Gasteiger partial charge in [-0.05, 0) is 12.1 Å². The Morgan fingerprint density at radius 3 is 3.00 bits per heavy atom. The topological polar surface area (TPSA) is 69.3 Å². The molecule has 0 amide bonds. The zero-order valence-electron chi connectivity index (χ0n) is 6.57. The lowest BCUT2D eigenvalue weighted by Crippen LogP contribution is -2.02. The fourth-order valence-corrected chi connectivity index (χ4v) is 1.21. The highest BCUT2D eigenvalue weighted by Crippen LogP contribution is 2.09. The third-order valence-corrected chi connectivity index (χ3v) is 1.81. The summed E-state index contributed by atoms with van der Waals surface area (Å²) in [5.41, 5.74) is 12.8. The predicted molar refractivity (Wildman–Crippen MR) is 47.5 cm³/mol. The van der Waals surface area contributed by atoms with Crippen molar-refractivity contribution >= 4 is 11.2 Å². The van der Waals surface area contributed by atoms with Crippen LogP contribution >= 0.6 is 0 Å². The van der Waals surface area contributed by atoms with Crippen LogP contribution in [-0.2, 0) is 6.54 Å². The highest BCUT2D eigenvalue weighted by atomic mass is 15.0. The van der Waals surface area contributed by atoms with Crippen molar-refractivity contribution in [1.82, 2.24) is 9.38 Å². The zero-order valence-corrected chi connectivity index (χ0v) is 6.57. The number of hydrogen-bond donors (Lipinski definition) is 2. The van der Waals surface area contributed by atoms with E-state index in [1.807, 2.05) is 22.7 Å². The maximum absolute atomic E-state index is 5.62. The Hall–Kier alpha value is -1.55. The summed E-state index contributed by atoms with van der Waals surface area (Å²) in [5.74, 6) is 0.831. The molecule has 4 heteroatoms. The molecule has 0 aliphatic carbocycles. The van der Waals surface area contributed by atoms with Gasteiger partial charge in [-0.15, -0.1) is 0 Å². The first-order valence-electron chi connectivity index (χ1n) is 3.73. The van der Waals surface area contributed by atoms with Crippen LogP contribution in [0.25, 0.3) is 5.52 Å². The molecule has 0 spiro atoms. The van der Waals surface area contributed by atoms with Crippen molar-refractivity contribution in [3.8, 4) is 0 Å². The minimum Gasteiger partial charge on any atom is -0.398 e. The second kappa shape index (κ2) is 2.49. The van der Waals surface area contributed by atoms with E-state index in [1.165, 1.54) is 0 Å². The Kier molecular flexibility index (Phi) is 1.48. The second-order valence-electron chi connectivity index (χ2n) is 2.64. The largest absolute Gasteiger partial charge is 0.398 e. The molecule has 0 saturated heterocycles. The van der Waals surface area contributed by atoms with Gasteiger partial charge in [-0.25, -0.2) is 4.98 Å². The first kappa shape index (κ1) is 7.12. The number of fused-ring (bicyclic) bond motifs is 1. The molecule has 0 fully saturated rings. The lowest BCUT2D eigenvalue weighted by Gasteiger charge is -1.98. The molecule has 2 rings (SSSR count). The standard InChI is InChI=1S/C8H10N4/c9-3-8-11-4-7-2-1-6(10)5-12(7)8/h1-2,4-5H,3,9-10H2. The highest BCUT2D eigenvalue weighted by molar-refractivity contribution is 5.51. The smallest absolute Gasteiger partial charge is 0.127 e. The lowest BCUT2D eigenvalue weighted by molar-refractivity contribution is 0.904. The van der Waals surface area contributed by atoms with Crippen molar-refractivity contribution in [2.75, 3.05) is 5.73 Å². The van der Waals surface area contributed by atoms with E-state index in [9.17, 15) is 0 Å². The maximum Gasteiger partial charge on any atom is 0.127 e. The minimum absolute atomic E-state index is 0.428. The molecule has 0 unspecified atom stereocenters. The molecule has 4 nitrogen and oxygen atoms in total. The molecule has 2 aromatic heterocycles. The average molecular weight is 162 g/mol. The molecule has 2 heterocycles. The Bertz CT molecular complexity index is 404. The van der Waals surface area contributed by atoms with Crippen LogP contribution in [-0.4, -0.2) is 9.38 Å². The SMILES string of the molecule is NCc1ncc2ccc(N)cn12. The average Bonchev–Trinajstić information content (AvgIpc) is 2.46. The number of hydrogen-bond acceptors (Lipinski definition) is 3. The number of anilines is 1. The molecule has 0 aliphatic heterocycles. The quantitative estimate of drug-likeness (QED) is 0.636. The summed E-state index contributed by atoms with van der Waals surface area (Å²) >= 11 is 0. The summed E-state index contributed by atoms with van der Waals surface area (Å²) in [7, 11) is 0. The Morgan fingerprint density at radius 2 is 2.25 bits per heavy atom. The van der Waals surface area contributed by atoms with Gasteiger partial charge >= 0.3 is 0 Å². The molecule has 0 atom stereocenters. The highest BCUT2D eigenvalue weighted by Gasteiger charge is 1.99. The first-order valence-corrected chi connectivity index (χ1v) is 3.73. The lowest BCUT2D eigenvalue weighted by atomic mass is 10.4. The molecular weight excluding hydrogens is 152 g/mol. The Morgan fingerprint density at radius 1 is 1.42 bits per heavy atom. The van der Waals surface area contributed by atoms with E-state index < -0.39 is 0 Å². The number of pyridine rings is 1. The third kappa shape index (κ3) is 0.931. The van der Waals surface area contributed by atoms with Gasteiger partial charge in [-0.3, -0.25) is 0 Å². The fourth-order valence-electron chi connectivity index (χ4n) is 1.21. The number of aromatic nitrogens is 2. The van der Waals surface area contributed by atoms with Gasteiger partial charge in [0.15, 0.2) is 0 Å². The van der Waals surface area contributed by atoms with Crippen LogP contribution in [0.3, 0.4) is 0 Å². The number of nitrogens with zero attached hydrogens (tertiary/aromatic N) is 2. The molecule has 0 aromatic carbocycles. The van der Waals surface area contributed by atoms with E-state index in [0.717, 1.165) is 17.0 Å². The van der Waals surface area contributed by atoms with Gasteiger partial charge in [0, 0.05) is 11.9 Å². The maximum atomic E-state index is 5.62. The molecule has 0 aliphatic rings. The van der Waals surface area contributed by atoms with Crippen molar-refractivity contribution in [2.45, 2.75) is 6.54 Å². The summed E-state index contributed by atoms with van der Waals surface area (Å²) in [6, 6.07) is 3.76. The Balaban J connectivity index is 2.75. The molecule has 4 N–H and O–H groups in total. The van der Waals surface area contributed by atoms with Crippen LogP contribution < -0.4 is 11.5 Å². The van der Waals surface area contributed by atoms with Crippen LogP contribution in [0.15, 0.2) is 24.5 Å². The summed E-state index contributed by atoms with van der Waals surface area (Å²) < 4.78 is 1.90. The third-order valence-electron chi connectivity index (χ3n) is 1.81. The van der Waals surface area contributed by atoms with Gasteiger partial charge < -0.3 is 15.9 Å². The first-order chi connectivity index (χ1) is 5.81. The van der Waals surface area contributed by atoms with Crippen LogP contribution in [0, 0.1) is 0 Å². The van der Waals surface area contributed by atoms with E-state index in [2.05, 4.69) is 4.98 Å². The van der Waals surface area contributed by atoms with Gasteiger partial charge in [-0.1, -0.05) is 0 Å². The molecule has 62 valence electrons. The normalized spacial score (nSPS) is 10.8. The molecule has 0 bridgehead atoms. The van der Waals surface area contributed by atoms with E-state index in [1.54, 1.807) is 6.20 Å². The van der Waals surface area contributed by atoms with Gasteiger partial charge in [0.1, 0.15) is 5.82 Å². The summed E-state index contributed by atoms with van der Waals surface area (Å²) in [6.07, 6.45) is 3.60.